The van der Waals surface area contributed by atoms with Crippen molar-refractivity contribution in [3.8, 4) is 11.5 Å². The lowest BCUT2D eigenvalue weighted by atomic mass is 10.1. The molecule has 0 aliphatic heterocycles. The number of fused-ring (bicyclic) bond motifs is 1. The van der Waals surface area contributed by atoms with Crippen LogP contribution >= 0.6 is 0 Å². The predicted octanol–water partition coefficient (Wildman–Crippen LogP) is 3.56. The molecule has 4 rings (SSSR count). The molecule has 3 heterocycles. The first-order valence-corrected chi connectivity index (χ1v) is 8.17. The summed E-state index contributed by atoms with van der Waals surface area (Å²) in [6, 6.07) is 7.49. The summed E-state index contributed by atoms with van der Waals surface area (Å²) in [4.78, 5) is 21.4. The molecule has 0 aliphatic rings. The van der Waals surface area contributed by atoms with E-state index in [0.717, 1.165) is 22.5 Å². The zero-order chi connectivity index (χ0) is 18.3. The van der Waals surface area contributed by atoms with E-state index >= 15 is 0 Å². The summed E-state index contributed by atoms with van der Waals surface area (Å²) in [5.74, 6) is 0.282. The van der Waals surface area contributed by atoms with Crippen LogP contribution in [-0.4, -0.2) is 25.5 Å². The van der Waals surface area contributed by atoms with Crippen molar-refractivity contribution < 1.29 is 9.21 Å². The Hall–Kier alpha value is -3.48. The van der Waals surface area contributed by atoms with E-state index in [9.17, 15) is 4.79 Å². The molecule has 0 unspecified atom stereocenters. The van der Waals surface area contributed by atoms with Crippen LogP contribution in [0.1, 0.15) is 27.3 Å². The summed E-state index contributed by atoms with van der Waals surface area (Å²) < 4.78 is 7.09. The molecule has 0 saturated carbocycles. The molecule has 26 heavy (non-hydrogen) atoms. The minimum Gasteiger partial charge on any atom is -0.444 e. The van der Waals surface area contributed by atoms with Crippen LogP contribution in [0.3, 0.4) is 0 Å². The maximum absolute atomic E-state index is 12.8. The third-order valence-electron chi connectivity index (χ3n) is 4.25. The van der Waals surface area contributed by atoms with Gasteiger partial charge < -0.3 is 9.73 Å². The van der Waals surface area contributed by atoms with Crippen molar-refractivity contribution in [3.63, 3.8) is 0 Å². The van der Waals surface area contributed by atoms with Crippen molar-refractivity contribution in [1.29, 1.82) is 0 Å². The van der Waals surface area contributed by atoms with Gasteiger partial charge >= 0.3 is 0 Å². The van der Waals surface area contributed by atoms with Gasteiger partial charge in [-0.15, -0.1) is 0 Å². The molecule has 130 valence electrons. The molecule has 0 atom stereocenters. The van der Waals surface area contributed by atoms with Crippen LogP contribution in [0, 0.1) is 20.8 Å². The molecule has 0 radical (unpaired) electrons. The third kappa shape index (κ3) is 2.73. The molecule has 1 N–H and O–H groups in total. The molecule has 7 nitrogen and oxygen atoms in total. The van der Waals surface area contributed by atoms with E-state index in [4.69, 9.17) is 4.42 Å². The quantitative estimate of drug-likeness (QED) is 0.612. The van der Waals surface area contributed by atoms with Crippen molar-refractivity contribution in [1.82, 2.24) is 19.6 Å². The van der Waals surface area contributed by atoms with Crippen LogP contribution in [-0.2, 0) is 0 Å². The Morgan fingerprint density at radius 2 is 2.04 bits per heavy atom. The molecular weight excluding hydrogens is 330 g/mol. The fourth-order valence-corrected chi connectivity index (χ4v) is 2.78. The summed E-state index contributed by atoms with van der Waals surface area (Å²) in [6.45, 7) is 5.64. The highest BCUT2D eigenvalue weighted by atomic mass is 16.3. The van der Waals surface area contributed by atoms with E-state index in [2.05, 4.69) is 20.4 Å². The number of nitrogens with zero attached hydrogens (tertiary/aromatic N) is 4. The molecule has 0 bridgehead atoms. The Labute approximate surface area is 149 Å². The van der Waals surface area contributed by atoms with E-state index in [1.807, 2.05) is 39.0 Å². The monoisotopic (exact) mass is 347 g/mol. The van der Waals surface area contributed by atoms with Crippen LogP contribution < -0.4 is 5.32 Å². The number of oxazole rings is 1. The average molecular weight is 347 g/mol. The van der Waals surface area contributed by atoms with Crippen LogP contribution in [0.15, 0.2) is 47.3 Å². The van der Waals surface area contributed by atoms with Crippen molar-refractivity contribution in [2.45, 2.75) is 20.8 Å². The van der Waals surface area contributed by atoms with Crippen LogP contribution in [0.4, 0.5) is 5.69 Å². The fraction of sp³-hybridized carbons (Fsp3) is 0.158. The number of anilines is 1. The molecule has 1 amide bonds. The lowest BCUT2D eigenvalue weighted by Gasteiger charge is -2.11. The topological polar surface area (TPSA) is 85.3 Å². The van der Waals surface area contributed by atoms with Gasteiger partial charge in [0, 0.05) is 23.5 Å². The standard InChI is InChI=1S/C19H17N5O2/c1-11-4-5-14(19-22-12(2)10-26-19)8-16(11)23-18(25)15-9-20-17-6-7-21-24(17)13(15)3/h4-10H,1-3H3,(H,23,25). The van der Waals surface area contributed by atoms with Gasteiger partial charge in [-0.2, -0.15) is 5.10 Å². The molecule has 7 heteroatoms. The molecule has 3 aromatic heterocycles. The summed E-state index contributed by atoms with van der Waals surface area (Å²) >= 11 is 0. The second-order valence-corrected chi connectivity index (χ2v) is 6.14. The van der Waals surface area contributed by atoms with Gasteiger partial charge in [0.25, 0.3) is 5.91 Å². The fourth-order valence-electron chi connectivity index (χ4n) is 2.78. The van der Waals surface area contributed by atoms with Crippen molar-refractivity contribution in [3.05, 3.63) is 65.4 Å². The summed E-state index contributed by atoms with van der Waals surface area (Å²) in [5, 5.41) is 7.15. The number of carbonyl (C=O) groups excluding carboxylic acids is 1. The molecule has 0 aliphatic carbocycles. The molecule has 1 aromatic carbocycles. The smallest absolute Gasteiger partial charge is 0.259 e. The Kier molecular flexibility index (Phi) is 3.76. The number of carbonyl (C=O) groups is 1. The SMILES string of the molecule is Cc1coc(-c2ccc(C)c(NC(=O)c3cnc4ccnn4c3C)c2)n1. The first-order valence-electron chi connectivity index (χ1n) is 8.17. The van der Waals surface area contributed by atoms with E-state index < -0.39 is 0 Å². The number of aromatic nitrogens is 4. The third-order valence-corrected chi connectivity index (χ3v) is 4.25. The van der Waals surface area contributed by atoms with Gasteiger partial charge in [-0.05, 0) is 38.5 Å². The maximum atomic E-state index is 12.8. The van der Waals surface area contributed by atoms with E-state index in [1.54, 1.807) is 29.2 Å². The van der Waals surface area contributed by atoms with Crippen LogP contribution in [0.25, 0.3) is 17.1 Å². The van der Waals surface area contributed by atoms with Gasteiger partial charge in [0.2, 0.25) is 5.89 Å². The van der Waals surface area contributed by atoms with Gasteiger partial charge in [-0.3, -0.25) is 4.79 Å². The Bertz CT molecular complexity index is 1130. The maximum Gasteiger partial charge on any atom is 0.259 e. The summed E-state index contributed by atoms with van der Waals surface area (Å²) in [6.07, 6.45) is 4.82. The highest BCUT2D eigenvalue weighted by Crippen LogP contribution is 2.25. The zero-order valence-corrected chi connectivity index (χ0v) is 14.6. The Morgan fingerprint density at radius 3 is 2.81 bits per heavy atom. The van der Waals surface area contributed by atoms with Crippen molar-refractivity contribution in [2.24, 2.45) is 0 Å². The summed E-state index contributed by atoms with van der Waals surface area (Å²) in [5.41, 5.74) is 5.15. The molecular formula is C19H17N5O2. The molecule has 4 aromatic rings. The normalized spacial score (nSPS) is 11.0. The van der Waals surface area contributed by atoms with Gasteiger partial charge in [-0.1, -0.05) is 6.07 Å². The molecule has 0 fully saturated rings. The van der Waals surface area contributed by atoms with Crippen LogP contribution in [0.2, 0.25) is 0 Å². The molecule has 0 spiro atoms. The number of amides is 1. The number of nitrogens with one attached hydrogen (secondary N) is 1. The second kappa shape index (κ2) is 6.11. The number of hydrogen-bond acceptors (Lipinski definition) is 5. The number of aryl methyl sites for hydroxylation is 3. The lowest BCUT2D eigenvalue weighted by molar-refractivity contribution is 0.102. The van der Waals surface area contributed by atoms with E-state index in [0.29, 0.717) is 22.8 Å². The van der Waals surface area contributed by atoms with Crippen molar-refractivity contribution in [2.75, 3.05) is 5.32 Å². The highest BCUT2D eigenvalue weighted by Gasteiger charge is 2.15. The number of benzene rings is 1. The average Bonchev–Trinajstić information content (AvgIpc) is 3.26. The van der Waals surface area contributed by atoms with Gasteiger partial charge in [0.1, 0.15) is 6.26 Å². The van der Waals surface area contributed by atoms with E-state index in [-0.39, 0.29) is 5.91 Å². The lowest BCUT2D eigenvalue weighted by Crippen LogP contribution is -2.16. The highest BCUT2D eigenvalue weighted by molar-refractivity contribution is 6.05. The molecule has 0 saturated heterocycles. The van der Waals surface area contributed by atoms with Crippen molar-refractivity contribution >= 4 is 17.2 Å². The number of rotatable bonds is 3. The Balaban J connectivity index is 1.67. The first-order chi connectivity index (χ1) is 12.5. The van der Waals surface area contributed by atoms with Crippen LogP contribution in [0.5, 0.6) is 0 Å². The predicted molar refractivity (Wildman–Crippen MR) is 97.1 cm³/mol. The zero-order valence-electron chi connectivity index (χ0n) is 14.6. The second-order valence-electron chi connectivity index (χ2n) is 6.14. The first kappa shape index (κ1) is 16.0. The van der Waals surface area contributed by atoms with Gasteiger partial charge in [-0.25, -0.2) is 14.5 Å². The number of hydrogen-bond donors (Lipinski definition) is 1. The largest absolute Gasteiger partial charge is 0.444 e. The Morgan fingerprint density at radius 1 is 1.19 bits per heavy atom. The minimum absolute atomic E-state index is 0.240. The van der Waals surface area contributed by atoms with E-state index in [1.165, 1.54) is 0 Å². The summed E-state index contributed by atoms with van der Waals surface area (Å²) in [7, 11) is 0. The van der Waals surface area contributed by atoms with Gasteiger partial charge in [0.15, 0.2) is 5.65 Å². The van der Waals surface area contributed by atoms with Gasteiger partial charge in [0.05, 0.1) is 23.1 Å². The minimum atomic E-state index is -0.240.